The summed E-state index contributed by atoms with van der Waals surface area (Å²) in [4.78, 5) is 2.69. The highest BCUT2D eigenvalue weighted by Gasteiger charge is 1.78. The first kappa shape index (κ1) is 8.04. The summed E-state index contributed by atoms with van der Waals surface area (Å²) in [7, 11) is 0. The van der Waals surface area contributed by atoms with E-state index >= 15 is 0 Å². The van der Waals surface area contributed by atoms with Crippen molar-refractivity contribution in [1.29, 1.82) is 0 Å². The number of hydrogen-bond donors (Lipinski definition) is 0. The van der Waals surface area contributed by atoms with E-state index in [1.54, 1.807) is 0 Å². The second-order valence-corrected chi connectivity index (χ2v) is 2.12. The Kier molecular flexibility index (Phi) is 7.08. The van der Waals surface area contributed by atoms with Crippen LogP contribution in [0, 0.1) is 10.8 Å². The van der Waals surface area contributed by atoms with E-state index in [-0.39, 0.29) is 0 Å². The molecule has 0 nitrogen and oxygen atoms in total. The average Bonchev–Trinajstić information content (AvgIpc) is 1.81. The van der Waals surface area contributed by atoms with Gasteiger partial charge in [0.15, 0.2) is 0 Å². The Morgan fingerprint density at radius 3 is 2.62 bits per heavy atom. The highest BCUT2D eigenvalue weighted by Crippen LogP contribution is 1.96. The number of unbranched alkanes of at least 4 members (excludes halogenated alkanes) is 3. The fourth-order valence-electron chi connectivity index (χ4n) is 0.511. The lowest BCUT2D eigenvalue weighted by Crippen LogP contribution is -1.69. The molecule has 0 aliphatic heterocycles. The van der Waals surface area contributed by atoms with E-state index in [1.165, 1.54) is 19.3 Å². The third kappa shape index (κ3) is 6.04. The molecular formula is C7H11Br. The Morgan fingerprint density at radius 2 is 2.12 bits per heavy atom. The SMILES string of the molecule is CCCCCC#CBr. The van der Waals surface area contributed by atoms with E-state index in [4.69, 9.17) is 0 Å². The van der Waals surface area contributed by atoms with E-state index in [0.717, 1.165) is 6.42 Å². The minimum Gasteiger partial charge on any atom is -0.0908 e. The van der Waals surface area contributed by atoms with E-state index in [2.05, 4.69) is 33.6 Å². The predicted molar refractivity (Wildman–Crippen MR) is 40.8 cm³/mol. The summed E-state index contributed by atoms with van der Waals surface area (Å²) in [6.07, 6.45) is 4.87. The highest BCUT2D eigenvalue weighted by molar-refractivity contribution is 9.12. The summed E-state index contributed by atoms with van der Waals surface area (Å²) in [5.41, 5.74) is 0. The number of halogens is 1. The van der Waals surface area contributed by atoms with Crippen LogP contribution in [0.5, 0.6) is 0 Å². The van der Waals surface area contributed by atoms with Crippen LogP contribution in [0.15, 0.2) is 0 Å². The second-order valence-electron chi connectivity index (χ2n) is 1.73. The molecule has 0 atom stereocenters. The van der Waals surface area contributed by atoms with Crippen molar-refractivity contribution in [3.05, 3.63) is 0 Å². The summed E-state index contributed by atoms with van der Waals surface area (Å²) < 4.78 is 0. The molecule has 0 aromatic rings. The fraction of sp³-hybridized carbons (Fsp3) is 0.714. The van der Waals surface area contributed by atoms with Gasteiger partial charge in [-0.15, -0.1) is 0 Å². The van der Waals surface area contributed by atoms with Gasteiger partial charge in [-0.2, -0.15) is 0 Å². The molecule has 0 N–H and O–H groups in total. The van der Waals surface area contributed by atoms with Gasteiger partial charge in [0.1, 0.15) is 0 Å². The number of rotatable bonds is 3. The van der Waals surface area contributed by atoms with E-state index in [1.807, 2.05) is 0 Å². The molecule has 0 heterocycles. The van der Waals surface area contributed by atoms with Crippen LogP contribution >= 0.6 is 15.9 Å². The van der Waals surface area contributed by atoms with Crippen LogP contribution in [0.25, 0.3) is 0 Å². The molecule has 0 spiro atoms. The molecule has 0 fully saturated rings. The zero-order valence-corrected chi connectivity index (χ0v) is 6.79. The van der Waals surface area contributed by atoms with Crippen molar-refractivity contribution in [2.24, 2.45) is 0 Å². The van der Waals surface area contributed by atoms with Gasteiger partial charge in [-0.1, -0.05) is 25.7 Å². The molecule has 0 unspecified atom stereocenters. The van der Waals surface area contributed by atoms with Gasteiger partial charge in [-0.25, -0.2) is 0 Å². The summed E-state index contributed by atoms with van der Waals surface area (Å²) in [5.74, 6) is 2.95. The zero-order valence-electron chi connectivity index (χ0n) is 5.21. The third-order valence-electron chi connectivity index (χ3n) is 0.972. The van der Waals surface area contributed by atoms with Gasteiger partial charge in [-0.05, 0) is 11.3 Å². The Hall–Kier alpha value is 0.0400. The summed E-state index contributed by atoms with van der Waals surface area (Å²) >= 11 is 3.04. The molecule has 8 heavy (non-hydrogen) atoms. The van der Waals surface area contributed by atoms with Crippen molar-refractivity contribution in [3.8, 4) is 10.8 Å². The summed E-state index contributed by atoms with van der Waals surface area (Å²) in [6, 6.07) is 0. The maximum atomic E-state index is 3.04. The monoisotopic (exact) mass is 174 g/mol. The first-order valence-corrected chi connectivity index (χ1v) is 3.79. The number of hydrogen-bond acceptors (Lipinski definition) is 0. The topological polar surface area (TPSA) is 0 Å². The van der Waals surface area contributed by atoms with Crippen LogP contribution in [0.3, 0.4) is 0 Å². The van der Waals surface area contributed by atoms with Crippen LogP contribution in [0.1, 0.15) is 32.6 Å². The van der Waals surface area contributed by atoms with Crippen LogP contribution in [0.4, 0.5) is 0 Å². The molecular weight excluding hydrogens is 164 g/mol. The first-order chi connectivity index (χ1) is 3.91. The molecule has 0 saturated heterocycles. The average molecular weight is 175 g/mol. The van der Waals surface area contributed by atoms with Crippen molar-refractivity contribution in [2.75, 3.05) is 0 Å². The van der Waals surface area contributed by atoms with Gasteiger partial charge in [0.2, 0.25) is 0 Å². The Labute approximate surface area is 59.8 Å². The lowest BCUT2D eigenvalue weighted by atomic mass is 10.2. The molecule has 0 aromatic heterocycles. The zero-order chi connectivity index (χ0) is 6.24. The van der Waals surface area contributed by atoms with Crippen LogP contribution in [0.2, 0.25) is 0 Å². The van der Waals surface area contributed by atoms with E-state index < -0.39 is 0 Å². The molecule has 0 bridgehead atoms. The lowest BCUT2D eigenvalue weighted by molar-refractivity contribution is 0.737. The predicted octanol–water partition coefficient (Wildman–Crippen LogP) is 2.92. The quantitative estimate of drug-likeness (QED) is 0.457. The Morgan fingerprint density at radius 1 is 1.38 bits per heavy atom. The van der Waals surface area contributed by atoms with Gasteiger partial charge >= 0.3 is 0 Å². The van der Waals surface area contributed by atoms with Crippen LogP contribution < -0.4 is 0 Å². The van der Waals surface area contributed by atoms with Crippen molar-refractivity contribution >= 4 is 15.9 Å². The molecule has 0 aliphatic carbocycles. The molecule has 0 aliphatic rings. The fourth-order valence-corrected chi connectivity index (χ4v) is 0.709. The minimum atomic E-state index is 1.04. The Balaban J connectivity index is 2.79. The Bertz CT molecular complexity index is 86.3. The molecule has 0 rings (SSSR count). The minimum absolute atomic E-state index is 1.04. The third-order valence-corrected chi connectivity index (χ3v) is 1.25. The van der Waals surface area contributed by atoms with Crippen molar-refractivity contribution in [3.63, 3.8) is 0 Å². The van der Waals surface area contributed by atoms with Gasteiger partial charge < -0.3 is 0 Å². The standard InChI is InChI=1S/C7H11Br/c1-2-3-4-5-6-7-8/h2-5H2,1H3. The van der Waals surface area contributed by atoms with E-state index in [9.17, 15) is 0 Å². The highest BCUT2D eigenvalue weighted by atomic mass is 79.9. The first-order valence-electron chi connectivity index (χ1n) is 3.00. The smallest absolute Gasteiger partial charge is 0.0106 e. The maximum absolute atomic E-state index is 3.04. The van der Waals surface area contributed by atoms with Gasteiger partial charge in [-0.3, -0.25) is 0 Å². The summed E-state index contributed by atoms with van der Waals surface area (Å²) in [5, 5.41) is 0. The van der Waals surface area contributed by atoms with Crippen LogP contribution in [-0.4, -0.2) is 0 Å². The van der Waals surface area contributed by atoms with Crippen molar-refractivity contribution < 1.29 is 0 Å². The van der Waals surface area contributed by atoms with Gasteiger partial charge in [0, 0.05) is 22.4 Å². The molecule has 46 valence electrons. The largest absolute Gasteiger partial charge is 0.0908 e. The maximum Gasteiger partial charge on any atom is 0.0106 e. The second kappa shape index (κ2) is 7.04. The molecule has 0 aromatic carbocycles. The lowest BCUT2D eigenvalue weighted by Gasteiger charge is -1.86. The van der Waals surface area contributed by atoms with Gasteiger partial charge in [0.25, 0.3) is 0 Å². The molecule has 1 heteroatoms. The van der Waals surface area contributed by atoms with E-state index in [0.29, 0.717) is 0 Å². The molecule has 0 saturated carbocycles. The van der Waals surface area contributed by atoms with Crippen LogP contribution in [-0.2, 0) is 0 Å². The summed E-state index contributed by atoms with van der Waals surface area (Å²) in [6.45, 7) is 2.20. The molecule has 0 amide bonds. The van der Waals surface area contributed by atoms with Crippen molar-refractivity contribution in [2.45, 2.75) is 32.6 Å². The molecule has 0 radical (unpaired) electrons. The van der Waals surface area contributed by atoms with Crippen molar-refractivity contribution in [1.82, 2.24) is 0 Å². The van der Waals surface area contributed by atoms with Gasteiger partial charge in [0.05, 0.1) is 0 Å². The normalized spacial score (nSPS) is 7.75.